The van der Waals surface area contributed by atoms with E-state index in [0.717, 1.165) is 11.4 Å². The summed E-state index contributed by atoms with van der Waals surface area (Å²) in [6, 6.07) is 13.0. The molecule has 0 N–H and O–H groups in total. The summed E-state index contributed by atoms with van der Waals surface area (Å²) in [6.07, 6.45) is 1.91. The molecule has 0 aliphatic rings. The number of hydrogen-bond donors (Lipinski definition) is 0. The van der Waals surface area contributed by atoms with Crippen LogP contribution in [0.1, 0.15) is 11.3 Å². The first-order chi connectivity index (χ1) is 13.1. The molecule has 140 valence electrons. The molecule has 0 amide bonds. The second-order valence-corrected chi connectivity index (χ2v) is 6.43. The van der Waals surface area contributed by atoms with Crippen molar-refractivity contribution < 1.29 is 14.2 Å². The van der Waals surface area contributed by atoms with Crippen molar-refractivity contribution in [1.82, 2.24) is 20.2 Å². The Morgan fingerprint density at radius 2 is 1.52 bits per heavy atom. The Balaban J connectivity index is 1.48. The van der Waals surface area contributed by atoms with Gasteiger partial charge in [-0.2, -0.15) is 4.98 Å². The predicted octanol–water partition coefficient (Wildman–Crippen LogP) is 3.86. The molecule has 0 radical (unpaired) electrons. The number of nitrogens with zero attached hydrogens (tertiary/aromatic N) is 4. The van der Waals surface area contributed by atoms with Crippen LogP contribution in [0.15, 0.2) is 47.6 Å². The third kappa shape index (κ3) is 5.82. The van der Waals surface area contributed by atoms with Gasteiger partial charge in [-0.05, 0) is 32.2 Å². The van der Waals surface area contributed by atoms with Crippen LogP contribution >= 0.6 is 11.8 Å². The zero-order chi connectivity index (χ0) is 19.1. The molecule has 3 aromatic rings. The Kier molecular flexibility index (Phi) is 6.43. The highest BCUT2D eigenvalue weighted by Crippen LogP contribution is 2.21. The van der Waals surface area contributed by atoms with Gasteiger partial charge < -0.3 is 14.2 Å². The first-order valence-corrected chi connectivity index (χ1v) is 9.58. The van der Waals surface area contributed by atoms with Crippen LogP contribution in [0.4, 0.5) is 0 Å². The second kappa shape index (κ2) is 9.18. The van der Waals surface area contributed by atoms with Crippen LogP contribution in [-0.4, -0.2) is 39.6 Å². The van der Waals surface area contributed by atoms with E-state index in [4.69, 9.17) is 14.2 Å². The van der Waals surface area contributed by atoms with Crippen molar-refractivity contribution >= 4 is 11.8 Å². The van der Waals surface area contributed by atoms with Gasteiger partial charge in [-0.3, -0.25) is 0 Å². The Labute approximate surface area is 162 Å². The molecule has 0 unspecified atom stereocenters. The summed E-state index contributed by atoms with van der Waals surface area (Å²) in [7, 11) is 0. The number of benzene rings is 1. The number of aromatic nitrogens is 4. The molecule has 0 atom stereocenters. The van der Waals surface area contributed by atoms with Crippen LogP contribution in [0.5, 0.6) is 23.4 Å². The second-order valence-electron chi connectivity index (χ2n) is 5.66. The van der Waals surface area contributed by atoms with Gasteiger partial charge in [0.15, 0.2) is 5.16 Å². The van der Waals surface area contributed by atoms with Gasteiger partial charge in [0.05, 0.1) is 0 Å². The maximum absolute atomic E-state index is 5.63. The fourth-order valence-corrected chi connectivity index (χ4v) is 2.56. The van der Waals surface area contributed by atoms with Crippen molar-refractivity contribution in [2.24, 2.45) is 0 Å². The normalized spacial score (nSPS) is 10.5. The predicted molar refractivity (Wildman–Crippen MR) is 103 cm³/mol. The van der Waals surface area contributed by atoms with Gasteiger partial charge in [0.25, 0.3) is 0 Å². The summed E-state index contributed by atoms with van der Waals surface area (Å²) in [5, 5.41) is 8.64. The third-order valence-electron chi connectivity index (χ3n) is 3.44. The van der Waals surface area contributed by atoms with Gasteiger partial charge >= 0.3 is 0 Å². The van der Waals surface area contributed by atoms with E-state index in [1.54, 1.807) is 18.2 Å². The quantitative estimate of drug-likeness (QED) is 0.329. The van der Waals surface area contributed by atoms with Crippen molar-refractivity contribution in [2.45, 2.75) is 19.0 Å². The molecule has 1 aromatic carbocycles. The lowest BCUT2D eigenvalue weighted by Crippen LogP contribution is -2.10. The van der Waals surface area contributed by atoms with Crippen molar-refractivity contribution in [1.29, 1.82) is 0 Å². The van der Waals surface area contributed by atoms with E-state index in [2.05, 4.69) is 20.2 Å². The van der Waals surface area contributed by atoms with E-state index in [0.29, 0.717) is 36.0 Å². The molecule has 27 heavy (non-hydrogen) atoms. The standard InChI is InChI=1S/C19H20N4O3S/c1-13-4-6-15(7-5-13)24-10-11-25-16-8-9-17(23-22-16)26-18-12-14(2)20-19(21-18)27-3/h4-9,12H,10-11H2,1-3H3. The Morgan fingerprint density at radius 1 is 0.815 bits per heavy atom. The molecule has 3 rings (SSSR count). The Bertz CT molecular complexity index is 873. The van der Waals surface area contributed by atoms with Gasteiger partial charge in [0.1, 0.15) is 19.0 Å². The number of aryl methyl sites for hydroxylation is 2. The van der Waals surface area contributed by atoms with Gasteiger partial charge in [0, 0.05) is 23.9 Å². The summed E-state index contributed by atoms with van der Waals surface area (Å²) in [5.74, 6) is 1.98. The largest absolute Gasteiger partial charge is 0.490 e. The average Bonchev–Trinajstić information content (AvgIpc) is 2.67. The molecule has 0 aliphatic carbocycles. The third-order valence-corrected chi connectivity index (χ3v) is 3.99. The average molecular weight is 384 g/mol. The highest BCUT2D eigenvalue weighted by Gasteiger charge is 2.06. The SMILES string of the molecule is CSc1nc(C)cc(Oc2ccc(OCCOc3ccc(C)cc3)nn2)n1. The first kappa shape index (κ1) is 18.9. The van der Waals surface area contributed by atoms with Gasteiger partial charge in [-0.15, -0.1) is 10.2 Å². The van der Waals surface area contributed by atoms with E-state index in [1.807, 2.05) is 44.4 Å². The summed E-state index contributed by atoms with van der Waals surface area (Å²) < 4.78 is 16.8. The first-order valence-electron chi connectivity index (χ1n) is 8.36. The summed E-state index contributed by atoms with van der Waals surface area (Å²) in [6.45, 7) is 4.70. The maximum Gasteiger partial charge on any atom is 0.241 e. The molecule has 0 aliphatic heterocycles. The Morgan fingerprint density at radius 3 is 2.22 bits per heavy atom. The fourth-order valence-electron chi connectivity index (χ4n) is 2.14. The zero-order valence-electron chi connectivity index (χ0n) is 15.4. The monoisotopic (exact) mass is 384 g/mol. The van der Waals surface area contributed by atoms with Gasteiger partial charge in [0.2, 0.25) is 17.6 Å². The van der Waals surface area contributed by atoms with Crippen LogP contribution in [-0.2, 0) is 0 Å². The maximum atomic E-state index is 5.63. The van der Waals surface area contributed by atoms with E-state index in [1.165, 1.54) is 17.3 Å². The van der Waals surface area contributed by atoms with Crippen molar-refractivity contribution in [3.8, 4) is 23.4 Å². The highest BCUT2D eigenvalue weighted by atomic mass is 32.2. The lowest BCUT2D eigenvalue weighted by atomic mass is 10.2. The summed E-state index contributed by atoms with van der Waals surface area (Å²) in [5.41, 5.74) is 2.02. The molecule has 7 nitrogen and oxygen atoms in total. The van der Waals surface area contributed by atoms with Crippen molar-refractivity contribution in [2.75, 3.05) is 19.5 Å². The lowest BCUT2D eigenvalue weighted by Gasteiger charge is -2.08. The minimum Gasteiger partial charge on any atom is -0.490 e. The highest BCUT2D eigenvalue weighted by molar-refractivity contribution is 7.98. The number of hydrogen-bond acceptors (Lipinski definition) is 8. The van der Waals surface area contributed by atoms with E-state index >= 15 is 0 Å². The van der Waals surface area contributed by atoms with Crippen LogP contribution in [0.2, 0.25) is 0 Å². The van der Waals surface area contributed by atoms with E-state index < -0.39 is 0 Å². The Hall–Kier alpha value is -2.87. The molecular weight excluding hydrogens is 364 g/mol. The molecule has 0 spiro atoms. The van der Waals surface area contributed by atoms with Crippen LogP contribution < -0.4 is 14.2 Å². The van der Waals surface area contributed by atoms with Crippen LogP contribution in [0.3, 0.4) is 0 Å². The van der Waals surface area contributed by atoms with Crippen molar-refractivity contribution in [3.63, 3.8) is 0 Å². The molecule has 0 fully saturated rings. The van der Waals surface area contributed by atoms with E-state index in [-0.39, 0.29) is 0 Å². The summed E-state index contributed by atoms with van der Waals surface area (Å²) >= 11 is 1.45. The molecule has 0 saturated carbocycles. The molecule has 0 bridgehead atoms. The molecular formula is C19H20N4O3S. The fraction of sp³-hybridized carbons (Fsp3) is 0.263. The zero-order valence-corrected chi connectivity index (χ0v) is 16.2. The topological polar surface area (TPSA) is 79.2 Å². The molecule has 2 heterocycles. The minimum absolute atomic E-state index is 0.336. The van der Waals surface area contributed by atoms with E-state index in [9.17, 15) is 0 Å². The molecule has 8 heteroatoms. The number of ether oxygens (including phenoxy) is 3. The summed E-state index contributed by atoms with van der Waals surface area (Å²) in [4.78, 5) is 8.56. The smallest absolute Gasteiger partial charge is 0.241 e. The van der Waals surface area contributed by atoms with Gasteiger partial charge in [-0.1, -0.05) is 29.5 Å². The van der Waals surface area contributed by atoms with Gasteiger partial charge in [-0.25, -0.2) is 4.98 Å². The van der Waals surface area contributed by atoms with Crippen LogP contribution in [0, 0.1) is 13.8 Å². The molecule has 0 saturated heterocycles. The van der Waals surface area contributed by atoms with Crippen LogP contribution in [0.25, 0.3) is 0 Å². The molecule has 2 aromatic heterocycles. The lowest BCUT2D eigenvalue weighted by molar-refractivity contribution is 0.210. The van der Waals surface area contributed by atoms with Crippen molar-refractivity contribution in [3.05, 3.63) is 53.7 Å². The number of thioether (sulfide) groups is 1. The minimum atomic E-state index is 0.336. The number of rotatable bonds is 8.